The van der Waals surface area contributed by atoms with E-state index in [4.69, 9.17) is 13.9 Å². The van der Waals surface area contributed by atoms with Gasteiger partial charge in [-0.05, 0) is 34.1 Å². The summed E-state index contributed by atoms with van der Waals surface area (Å²) >= 11 is 3.38. The van der Waals surface area contributed by atoms with Crippen LogP contribution in [0.3, 0.4) is 0 Å². The molecule has 106 valence electrons. The van der Waals surface area contributed by atoms with Crippen molar-refractivity contribution < 1.29 is 18.7 Å². The molecule has 2 rings (SSSR count). The number of rotatable bonds is 5. The normalized spacial score (nSPS) is 10.4. The number of benzene rings is 1. The molecule has 4 nitrogen and oxygen atoms in total. The molecule has 0 spiro atoms. The van der Waals surface area contributed by atoms with Crippen LogP contribution in [0.25, 0.3) is 0 Å². The summed E-state index contributed by atoms with van der Waals surface area (Å²) in [6.07, 6.45) is 0.744. The molecule has 1 aromatic carbocycles. The predicted octanol–water partition coefficient (Wildman–Crippen LogP) is 3.85. The molecule has 1 aromatic heterocycles. The van der Waals surface area contributed by atoms with E-state index in [1.54, 1.807) is 31.4 Å². The van der Waals surface area contributed by atoms with Gasteiger partial charge in [0.25, 0.3) is 0 Å². The van der Waals surface area contributed by atoms with E-state index in [2.05, 4.69) is 15.9 Å². The highest BCUT2D eigenvalue weighted by molar-refractivity contribution is 9.10. The molecular weight excluding hydrogens is 324 g/mol. The largest absolute Gasteiger partial charge is 0.497 e. The topological polar surface area (TPSA) is 48.7 Å². The van der Waals surface area contributed by atoms with Crippen LogP contribution in [0.5, 0.6) is 11.5 Å². The zero-order valence-electron chi connectivity index (χ0n) is 11.5. The summed E-state index contributed by atoms with van der Waals surface area (Å²) < 4.78 is 16.5. The van der Waals surface area contributed by atoms with Gasteiger partial charge in [0.2, 0.25) is 5.78 Å². The predicted molar refractivity (Wildman–Crippen MR) is 78.8 cm³/mol. The third-order valence-corrected chi connectivity index (χ3v) is 3.57. The Bertz CT molecular complexity index is 631. The second-order valence-corrected chi connectivity index (χ2v) is 4.99. The van der Waals surface area contributed by atoms with Gasteiger partial charge >= 0.3 is 0 Å². The minimum Gasteiger partial charge on any atom is -0.497 e. The molecule has 0 amide bonds. The Morgan fingerprint density at radius 1 is 1.25 bits per heavy atom. The molecule has 0 radical (unpaired) electrons. The Labute approximate surface area is 125 Å². The fourth-order valence-electron chi connectivity index (χ4n) is 1.87. The smallest absolute Gasteiger partial charge is 0.233 e. The van der Waals surface area contributed by atoms with Crippen molar-refractivity contribution in [3.05, 3.63) is 45.8 Å². The van der Waals surface area contributed by atoms with Crippen LogP contribution in [0, 0.1) is 0 Å². The first kappa shape index (κ1) is 14.7. The first-order valence-electron chi connectivity index (χ1n) is 6.15. The van der Waals surface area contributed by atoms with Crippen molar-refractivity contribution in [2.24, 2.45) is 0 Å². The fourth-order valence-corrected chi connectivity index (χ4v) is 2.47. The number of ether oxygens (including phenoxy) is 2. The lowest BCUT2D eigenvalue weighted by Crippen LogP contribution is -2.04. The molecule has 0 bridgehead atoms. The van der Waals surface area contributed by atoms with Crippen LogP contribution in [0.2, 0.25) is 0 Å². The number of hydrogen-bond donors (Lipinski definition) is 0. The molecule has 0 aliphatic heterocycles. The molecule has 0 saturated carbocycles. The van der Waals surface area contributed by atoms with E-state index in [0.717, 1.165) is 12.2 Å². The van der Waals surface area contributed by atoms with Gasteiger partial charge < -0.3 is 13.9 Å². The summed E-state index contributed by atoms with van der Waals surface area (Å²) in [5, 5.41) is 0. The number of carbonyl (C=O) groups is 1. The molecule has 0 aliphatic rings. The van der Waals surface area contributed by atoms with Gasteiger partial charge in [0.05, 0.1) is 19.8 Å². The standard InChI is InChI=1S/C15H15BrO4/c1-4-9-5-6-12(20-9)15(17)14-11(16)7-10(18-2)8-13(14)19-3/h5-8H,4H2,1-3H3. The molecular formula is C15H15BrO4. The van der Waals surface area contributed by atoms with Crippen LogP contribution in [-0.2, 0) is 6.42 Å². The maximum atomic E-state index is 12.5. The lowest BCUT2D eigenvalue weighted by atomic mass is 10.1. The van der Waals surface area contributed by atoms with Gasteiger partial charge in [0.1, 0.15) is 17.3 Å². The van der Waals surface area contributed by atoms with Crippen LogP contribution < -0.4 is 9.47 Å². The Morgan fingerprint density at radius 3 is 2.55 bits per heavy atom. The monoisotopic (exact) mass is 338 g/mol. The lowest BCUT2D eigenvalue weighted by molar-refractivity contribution is 0.100. The van der Waals surface area contributed by atoms with E-state index in [9.17, 15) is 4.79 Å². The molecule has 0 N–H and O–H groups in total. The number of ketones is 1. The van der Waals surface area contributed by atoms with E-state index in [1.807, 2.05) is 6.92 Å². The number of carbonyl (C=O) groups excluding carboxylic acids is 1. The van der Waals surface area contributed by atoms with E-state index in [1.165, 1.54) is 7.11 Å². The zero-order valence-corrected chi connectivity index (χ0v) is 13.1. The SMILES string of the molecule is CCc1ccc(C(=O)c2c(Br)cc(OC)cc2OC)o1. The van der Waals surface area contributed by atoms with Gasteiger partial charge in [-0.2, -0.15) is 0 Å². The minimum absolute atomic E-state index is 0.226. The Balaban J connectivity index is 2.48. The Hall–Kier alpha value is -1.75. The van der Waals surface area contributed by atoms with Crippen molar-refractivity contribution in [3.63, 3.8) is 0 Å². The minimum atomic E-state index is -0.226. The van der Waals surface area contributed by atoms with Crippen molar-refractivity contribution >= 4 is 21.7 Å². The van der Waals surface area contributed by atoms with Gasteiger partial charge in [-0.25, -0.2) is 0 Å². The maximum absolute atomic E-state index is 12.5. The number of hydrogen-bond acceptors (Lipinski definition) is 4. The van der Waals surface area contributed by atoms with Crippen LogP contribution in [0.1, 0.15) is 28.8 Å². The second-order valence-electron chi connectivity index (χ2n) is 4.14. The van der Waals surface area contributed by atoms with Gasteiger partial charge in [0, 0.05) is 17.0 Å². The van der Waals surface area contributed by atoms with Crippen molar-refractivity contribution in [2.75, 3.05) is 14.2 Å². The Kier molecular flexibility index (Phi) is 4.49. The summed E-state index contributed by atoms with van der Waals surface area (Å²) in [5.41, 5.74) is 0.422. The number of aryl methyl sites for hydroxylation is 1. The van der Waals surface area contributed by atoms with Gasteiger partial charge in [0.15, 0.2) is 5.76 Å². The number of halogens is 1. The van der Waals surface area contributed by atoms with Crippen molar-refractivity contribution in [2.45, 2.75) is 13.3 Å². The lowest BCUT2D eigenvalue weighted by Gasteiger charge is -2.11. The third-order valence-electron chi connectivity index (χ3n) is 2.94. The quantitative estimate of drug-likeness (QED) is 0.777. The average molecular weight is 339 g/mol. The molecule has 0 aliphatic carbocycles. The van der Waals surface area contributed by atoms with Gasteiger partial charge in [-0.3, -0.25) is 4.79 Å². The van der Waals surface area contributed by atoms with Crippen LogP contribution in [-0.4, -0.2) is 20.0 Å². The molecule has 20 heavy (non-hydrogen) atoms. The van der Waals surface area contributed by atoms with E-state index >= 15 is 0 Å². The molecule has 5 heteroatoms. The molecule has 1 heterocycles. The number of methoxy groups -OCH3 is 2. The first-order valence-corrected chi connectivity index (χ1v) is 6.95. The third kappa shape index (κ3) is 2.72. The summed E-state index contributed by atoms with van der Waals surface area (Å²) in [5.74, 6) is 1.90. The summed E-state index contributed by atoms with van der Waals surface area (Å²) in [6.45, 7) is 1.97. The van der Waals surface area contributed by atoms with Crippen LogP contribution in [0.4, 0.5) is 0 Å². The first-order chi connectivity index (χ1) is 9.60. The Morgan fingerprint density at radius 2 is 2.00 bits per heavy atom. The zero-order chi connectivity index (χ0) is 14.7. The maximum Gasteiger partial charge on any atom is 0.233 e. The van der Waals surface area contributed by atoms with Crippen LogP contribution in [0.15, 0.2) is 33.2 Å². The molecule has 0 fully saturated rings. The van der Waals surface area contributed by atoms with Crippen molar-refractivity contribution in [3.8, 4) is 11.5 Å². The van der Waals surface area contributed by atoms with E-state index in [0.29, 0.717) is 27.3 Å². The van der Waals surface area contributed by atoms with E-state index in [-0.39, 0.29) is 5.78 Å². The number of furan rings is 1. The second kappa shape index (κ2) is 6.13. The molecule has 0 atom stereocenters. The van der Waals surface area contributed by atoms with Gasteiger partial charge in [-0.15, -0.1) is 0 Å². The molecule has 0 unspecified atom stereocenters. The molecule has 0 saturated heterocycles. The van der Waals surface area contributed by atoms with Crippen LogP contribution >= 0.6 is 15.9 Å². The fraction of sp³-hybridized carbons (Fsp3) is 0.267. The summed E-state index contributed by atoms with van der Waals surface area (Å²) in [6, 6.07) is 6.87. The average Bonchev–Trinajstić information content (AvgIpc) is 2.94. The van der Waals surface area contributed by atoms with E-state index < -0.39 is 0 Å². The molecule has 2 aromatic rings. The summed E-state index contributed by atoms with van der Waals surface area (Å²) in [4.78, 5) is 12.5. The van der Waals surface area contributed by atoms with Crippen molar-refractivity contribution in [1.82, 2.24) is 0 Å². The highest BCUT2D eigenvalue weighted by atomic mass is 79.9. The van der Waals surface area contributed by atoms with Crippen molar-refractivity contribution in [1.29, 1.82) is 0 Å². The summed E-state index contributed by atoms with van der Waals surface area (Å²) in [7, 11) is 3.07. The highest BCUT2D eigenvalue weighted by Crippen LogP contribution is 2.34. The highest BCUT2D eigenvalue weighted by Gasteiger charge is 2.22. The van der Waals surface area contributed by atoms with Gasteiger partial charge in [-0.1, -0.05) is 6.92 Å².